The molecule has 0 rings (SSSR count). The lowest BCUT2D eigenvalue weighted by Gasteiger charge is -2.22. The van der Waals surface area contributed by atoms with E-state index in [0.29, 0.717) is 25.9 Å². The average Bonchev–Trinajstić information content (AvgIpc) is 3.35. The fourth-order valence-corrected chi connectivity index (χ4v) is 9.43. The molecule has 406 valence electrons. The van der Waals surface area contributed by atoms with Gasteiger partial charge in [0, 0.05) is 12.8 Å². The van der Waals surface area contributed by atoms with Crippen LogP contribution in [0.4, 0.5) is 0 Å². The number of aliphatic hydroxyl groups is 2. The summed E-state index contributed by atoms with van der Waals surface area (Å²) >= 11 is 0. The molecule has 69 heavy (non-hydrogen) atoms. The van der Waals surface area contributed by atoms with Crippen molar-refractivity contribution < 1.29 is 24.5 Å². The Balaban J connectivity index is 3.41. The average molecular weight is 971 g/mol. The number of hydrogen-bond donors (Lipinski definition) is 3. The first-order valence-electron chi connectivity index (χ1n) is 30.7. The van der Waals surface area contributed by atoms with E-state index in [1.807, 2.05) is 0 Å². The van der Waals surface area contributed by atoms with Crippen molar-refractivity contribution in [2.75, 3.05) is 13.2 Å². The molecule has 0 heterocycles. The lowest BCUT2D eigenvalue weighted by Crippen LogP contribution is -2.45. The van der Waals surface area contributed by atoms with Crippen LogP contribution in [0.25, 0.3) is 0 Å². The molecule has 0 aliphatic rings. The van der Waals surface area contributed by atoms with Crippen LogP contribution in [0.2, 0.25) is 0 Å². The van der Waals surface area contributed by atoms with Gasteiger partial charge in [0.05, 0.1) is 25.4 Å². The molecule has 0 fully saturated rings. The van der Waals surface area contributed by atoms with Gasteiger partial charge < -0.3 is 20.3 Å². The number of esters is 1. The van der Waals surface area contributed by atoms with Gasteiger partial charge in [-0.3, -0.25) is 9.59 Å². The molecule has 0 spiro atoms. The third-order valence-corrected chi connectivity index (χ3v) is 14.2. The van der Waals surface area contributed by atoms with Gasteiger partial charge in [-0.1, -0.05) is 269 Å². The lowest BCUT2D eigenvalue weighted by molar-refractivity contribution is -0.143. The molecule has 6 nitrogen and oxygen atoms in total. The van der Waals surface area contributed by atoms with Crippen LogP contribution >= 0.6 is 0 Å². The largest absolute Gasteiger partial charge is 0.466 e. The zero-order valence-electron chi connectivity index (χ0n) is 46.3. The quantitative estimate of drug-likeness (QED) is 0.0321. The summed E-state index contributed by atoms with van der Waals surface area (Å²) in [4.78, 5) is 24.5. The second-order valence-corrected chi connectivity index (χ2v) is 21.0. The van der Waals surface area contributed by atoms with Crippen molar-refractivity contribution in [1.29, 1.82) is 0 Å². The van der Waals surface area contributed by atoms with Crippen LogP contribution in [0.15, 0.2) is 36.5 Å². The summed E-state index contributed by atoms with van der Waals surface area (Å²) in [5.74, 6) is -0.0368. The van der Waals surface area contributed by atoms with Gasteiger partial charge in [-0.2, -0.15) is 0 Å². The molecule has 2 unspecified atom stereocenters. The molecule has 0 saturated heterocycles. The van der Waals surface area contributed by atoms with E-state index < -0.39 is 12.1 Å². The van der Waals surface area contributed by atoms with Crippen molar-refractivity contribution >= 4 is 11.9 Å². The summed E-state index contributed by atoms with van der Waals surface area (Å²) < 4.78 is 5.47. The molecule has 0 saturated carbocycles. The Hall–Kier alpha value is -1.92. The van der Waals surface area contributed by atoms with Gasteiger partial charge in [0.2, 0.25) is 5.91 Å². The first-order chi connectivity index (χ1) is 34.0. The predicted octanol–water partition coefficient (Wildman–Crippen LogP) is 19.2. The van der Waals surface area contributed by atoms with E-state index in [1.54, 1.807) is 0 Å². The highest BCUT2D eigenvalue weighted by molar-refractivity contribution is 5.76. The number of unbranched alkanes of at least 4 members (excludes halogenated alkanes) is 40. The number of allylic oxidation sites excluding steroid dienone is 6. The molecule has 0 radical (unpaired) electrons. The Kier molecular flexibility index (Phi) is 57.0. The maximum absolute atomic E-state index is 12.4. The van der Waals surface area contributed by atoms with Crippen LogP contribution in [-0.2, 0) is 14.3 Å². The molecule has 0 aromatic heterocycles. The monoisotopic (exact) mass is 970 g/mol. The Morgan fingerprint density at radius 2 is 0.725 bits per heavy atom. The third kappa shape index (κ3) is 55.2. The second kappa shape index (κ2) is 58.6. The van der Waals surface area contributed by atoms with Crippen molar-refractivity contribution in [2.24, 2.45) is 0 Å². The molecular weight excluding hydrogens is 851 g/mol. The van der Waals surface area contributed by atoms with Crippen molar-refractivity contribution in [3.63, 3.8) is 0 Å². The van der Waals surface area contributed by atoms with E-state index in [4.69, 9.17) is 4.74 Å². The highest BCUT2D eigenvalue weighted by atomic mass is 16.5. The van der Waals surface area contributed by atoms with Crippen molar-refractivity contribution in [3.05, 3.63) is 36.5 Å². The number of carbonyl (C=O) groups is 2. The normalized spacial score (nSPS) is 12.8. The number of carbonyl (C=O) groups excluding carboxylic acids is 2. The number of amides is 1. The Morgan fingerprint density at radius 3 is 1.12 bits per heavy atom. The predicted molar refractivity (Wildman–Crippen MR) is 301 cm³/mol. The molecule has 0 aromatic carbocycles. The fraction of sp³-hybridized carbons (Fsp3) is 0.873. The van der Waals surface area contributed by atoms with E-state index >= 15 is 0 Å². The molecular formula is C63H119NO5. The van der Waals surface area contributed by atoms with Crippen LogP contribution in [-0.4, -0.2) is 47.4 Å². The SMILES string of the molecule is CCCCCCC/C=C\CCCCCCCC(=O)OCCCCCCCCCCC/C=C\C/C=C\CCCCCCCCCCCCCC(=O)NC(CO)C(O)CCCCCCCCCCCCC. The Morgan fingerprint density at radius 1 is 0.406 bits per heavy atom. The van der Waals surface area contributed by atoms with Crippen LogP contribution in [0.3, 0.4) is 0 Å². The minimum Gasteiger partial charge on any atom is -0.466 e. The first-order valence-corrected chi connectivity index (χ1v) is 30.7. The number of rotatable bonds is 57. The van der Waals surface area contributed by atoms with E-state index in [9.17, 15) is 19.8 Å². The minimum atomic E-state index is -0.665. The van der Waals surface area contributed by atoms with Gasteiger partial charge in [0.1, 0.15) is 0 Å². The molecule has 0 aromatic rings. The lowest BCUT2D eigenvalue weighted by atomic mass is 10.0. The van der Waals surface area contributed by atoms with E-state index in [0.717, 1.165) is 51.4 Å². The summed E-state index contributed by atoms with van der Waals surface area (Å²) in [6.07, 6.45) is 73.0. The van der Waals surface area contributed by atoms with Gasteiger partial charge in [0.25, 0.3) is 0 Å². The minimum absolute atomic E-state index is 0.00194. The third-order valence-electron chi connectivity index (χ3n) is 14.2. The Bertz CT molecular complexity index is 1120. The van der Waals surface area contributed by atoms with E-state index in [1.165, 1.54) is 244 Å². The second-order valence-electron chi connectivity index (χ2n) is 21.0. The van der Waals surface area contributed by atoms with Crippen LogP contribution in [0.5, 0.6) is 0 Å². The molecule has 0 bridgehead atoms. The van der Waals surface area contributed by atoms with Gasteiger partial charge >= 0.3 is 5.97 Å². The molecule has 6 heteroatoms. The smallest absolute Gasteiger partial charge is 0.305 e. The van der Waals surface area contributed by atoms with Crippen molar-refractivity contribution in [1.82, 2.24) is 5.32 Å². The molecule has 0 aliphatic heterocycles. The zero-order chi connectivity index (χ0) is 50.0. The topological polar surface area (TPSA) is 95.9 Å². The van der Waals surface area contributed by atoms with Crippen LogP contribution in [0, 0.1) is 0 Å². The van der Waals surface area contributed by atoms with E-state index in [-0.39, 0.29) is 18.5 Å². The maximum Gasteiger partial charge on any atom is 0.305 e. The van der Waals surface area contributed by atoms with Gasteiger partial charge in [-0.15, -0.1) is 0 Å². The highest BCUT2D eigenvalue weighted by Crippen LogP contribution is 2.17. The Labute approximate surface area is 430 Å². The van der Waals surface area contributed by atoms with Gasteiger partial charge in [0.15, 0.2) is 0 Å². The van der Waals surface area contributed by atoms with Crippen molar-refractivity contribution in [3.8, 4) is 0 Å². The van der Waals surface area contributed by atoms with Gasteiger partial charge in [-0.25, -0.2) is 0 Å². The molecule has 1 amide bonds. The first kappa shape index (κ1) is 67.1. The maximum atomic E-state index is 12.4. The summed E-state index contributed by atoms with van der Waals surface area (Å²) in [5, 5.41) is 23.2. The fourth-order valence-electron chi connectivity index (χ4n) is 9.43. The summed E-state index contributed by atoms with van der Waals surface area (Å²) in [6.45, 7) is 4.93. The van der Waals surface area contributed by atoms with Crippen LogP contribution in [0.1, 0.15) is 328 Å². The standard InChI is InChI=1S/C63H119NO5/c1-3-5-7-9-11-13-15-16-33-37-41-45-49-53-57-63(68)69-58-54-50-46-42-38-34-31-29-27-25-23-21-19-17-18-20-22-24-26-28-30-32-36-40-44-48-52-56-62(67)64-60(59-65)61(66)55-51-47-43-39-35-14-12-10-8-6-4-2/h15-18,21,23,60-61,65-66H,3-14,19-20,22,24-59H2,1-2H3,(H,64,67)/b16-15-,18-17-,23-21-. The summed E-state index contributed by atoms with van der Waals surface area (Å²) in [7, 11) is 0. The molecule has 2 atom stereocenters. The number of aliphatic hydroxyl groups excluding tert-OH is 2. The summed E-state index contributed by atoms with van der Waals surface area (Å²) in [6, 6.07) is -0.543. The van der Waals surface area contributed by atoms with Crippen molar-refractivity contribution in [2.45, 2.75) is 341 Å². The summed E-state index contributed by atoms with van der Waals surface area (Å²) in [5.41, 5.74) is 0. The highest BCUT2D eigenvalue weighted by Gasteiger charge is 2.20. The number of ether oxygens (including phenoxy) is 1. The van der Waals surface area contributed by atoms with Crippen LogP contribution < -0.4 is 5.32 Å². The molecule has 3 N–H and O–H groups in total. The zero-order valence-corrected chi connectivity index (χ0v) is 46.3. The number of nitrogens with one attached hydrogen (secondary N) is 1. The number of hydrogen-bond acceptors (Lipinski definition) is 5. The molecule has 0 aliphatic carbocycles. The van der Waals surface area contributed by atoms with E-state index in [2.05, 4.69) is 55.6 Å². The van der Waals surface area contributed by atoms with Gasteiger partial charge in [-0.05, 0) is 83.5 Å².